The zero-order valence-electron chi connectivity index (χ0n) is 18.5. The first-order valence-electron chi connectivity index (χ1n) is 11.3. The average molecular weight is 450 g/mol. The molecule has 1 N–H and O–H groups in total. The predicted molar refractivity (Wildman–Crippen MR) is 128 cm³/mol. The number of fused-ring (bicyclic) bond motifs is 3. The van der Waals surface area contributed by atoms with E-state index >= 15 is 0 Å². The van der Waals surface area contributed by atoms with Crippen molar-refractivity contribution in [2.45, 2.75) is 59.0 Å². The summed E-state index contributed by atoms with van der Waals surface area (Å²) >= 11 is 1.33. The predicted octanol–water partition coefficient (Wildman–Crippen LogP) is 3.97. The monoisotopic (exact) mass is 449 g/mol. The maximum Gasteiger partial charge on any atom is 0.262 e. The molecule has 1 amide bonds. The number of rotatable bonds is 5. The van der Waals surface area contributed by atoms with Crippen molar-refractivity contribution in [3.63, 3.8) is 0 Å². The van der Waals surface area contributed by atoms with E-state index in [4.69, 9.17) is 4.98 Å². The maximum absolute atomic E-state index is 13.1. The van der Waals surface area contributed by atoms with Crippen LogP contribution in [0.2, 0.25) is 0 Å². The summed E-state index contributed by atoms with van der Waals surface area (Å²) in [7, 11) is 0. The Labute approximate surface area is 190 Å². The van der Waals surface area contributed by atoms with E-state index in [1.54, 1.807) is 0 Å². The fraction of sp³-hybridized carbons (Fsp3) is 0.417. The first-order valence-corrected chi connectivity index (χ1v) is 12.1. The Morgan fingerprint density at radius 3 is 2.88 bits per heavy atom. The summed E-state index contributed by atoms with van der Waals surface area (Å²) < 4.78 is 4.00. The van der Waals surface area contributed by atoms with Crippen LogP contribution in [0.1, 0.15) is 52.6 Å². The van der Waals surface area contributed by atoms with Gasteiger partial charge >= 0.3 is 0 Å². The lowest BCUT2D eigenvalue weighted by molar-refractivity contribution is 0.0956. The number of carbonyl (C=O) groups excluding carboxylic acids is 1. The number of aryl methyl sites for hydroxylation is 4. The minimum absolute atomic E-state index is 0.00200. The Kier molecular flexibility index (Phi) is 5.55. The Hall–Kier alpha value is -3.00. The van der Waals surface area contributed by atoms with Crippen molar-refractivity contribution in [1.82, 2.24) is 24.4 Å². The van der Waals surface area contributed by atoms with Crippen LogP contribution in [0.4, 0.5) is 0 Å². The van der Waals surface area contributed by atoms with Crippen LogP contribution >= 0.6 is 11.3 Å². The van der Waals surface area contributed by atoms with Crippen molar-refractivity contribution in [1.29, 1.82) is 0 Å². The molecule has 1 aromatic carbocycles. The van der Waals surface area contributed by atoms with E-state index in [9.17, 15) is 9.59 Å². The second-order valence-electron chi connectivity index (χ2n) is 8.44. The number of hydrogen-bond donors (Lipinski definition) is 1. The molecular formula is C24H27N5O2S. The van der Waals surface area contributed by atoms with E-state index in [2.05, 4.69) is 20.9 Å². The van der Waals surface area contributed by atoms with E-state index in [0.29, 0.717) is 21.6 Å². The summed E-state index contributed by atoms with van der Waals surface area (Å²) in [5, 5.41) is 3.63. The van der Waals surface area contributed by atoms with Gasteiger partial charge in [0.1, 0.15) is 16.5 Å². The first kappa shape index (κ1) is 20.9. The van der Waals surface area contributed by atoms with Gasteiger partial charge in [0.2, 0.25) is 0 Å². The number of nitrogens with zero attached hydrogens (tertiary/aromatic N) is 4. The van der Waals surface area contributed by atoms with Crippen LogP contribution in [0.15, 0.2) is 29.1 Å². The number of amides is 1. The summed E-state index contributed by atoms with van der Waals surface area (Å²) in [5.74, 6) is 1.71. The van der Waals surface area contributed by atoms with Gasteiger partial charge in [-0.1, -0.05) is 18.6 Å². The molecule has 0 unspecified atom stereocenters. The molecule has 166 valence electrons. The first-order chi connectivity index (χ1) is 15.5. The van der Waals surface area contributed by atoms with E-state index < -0.39 is 0 Å². The lowest BCUT2D eigenvalue weighted by Crippen LogP contribution is -2.26. The zero-order valence-corrected chi connectivity index (χ0v) is 19.3. The second-order valence-corrected chi connectivity index (χ2v) is 9.44. The molecule has 0 atom stereocenters. The highest BCUT2D eigenvalue weighted by atomic mass is 32.1. The third kappa shape index (κ3) is 3.62. The van der Waals surface area contributed by atoms with Crippen molar-refractivity contribution in [3.05, 3.63) is 56.7 Å². The van der Waals surface area contributed by atoms with E-state index in [1.807, 2.05) is 36.6 Å². The molecule has 0 saturated heterocycles. The van der Waals surface area contributed by atoms with Crippen molar-refractivity contribution in [2.24, 2.45) is 0 Å². The molecule has 8 heteroatoms. The van der Waals surface area contributed by atoms with Crippen molar-refractivity contribution in [3.8, 4) is 0 Å². The SMILES string of the molecule is Cc1c(C(=O)NCCCn2c(C)nc3ccccc32)sc2nc3n(c(=O)c12)CCCCC3. The number of aromatic nitrogens is 4. The smallest absolute Gasteiger partial charge is 0.262 e. The maximum atomic E-state index is 13.1. The summed E-state index contributed by atoms with van der Waals surface area (Å²) in [4.78, 5) is 36.6. The summed E-state index contributed by atoms with van der Waals surface area (Å²) in [6.07, 6.45) is 4.80. The molecule has 1 aliphatic rings. The highest BCUT2D eigenvalue weighted by Gasteiger charge is 2.22. The van der Waals surface area contributed by atoms with Gasteiger partial charge < -0.3 is 9.88 Å². The molecule has 0 spiro atoms. The summed E-state index contributed by atoms with van der Waals surface area (Å²) in [5.41, 5.74) is 2.85. The summed E-state index contributed by atoms with van der Waals surface area (Å²) in [6.45, 7) is 5.93. The number of thiophene rings is 1. The van der Waals surface area contributed by atoms with Gasteiger partial charge in [-0.15, -0.1) is 11.3 Å². The molecule has 0 fully saturated rings. The van der Waals surface area contributed by atoms with Gasteiger partial charge in [-0.05, 0) is 50.8 Å². The Bertz CT molecular complexity index is 1380. The Morgan fingerprint density at radius 1 is 1.16 bits per heavy atom. The van der Waals surface area contributed by atoms with Crippen molar-refractivity contribution >= 4 is 38.5 Å². The summed E-state index contributed by atoms with van der Waals surface area (Å²) in [6, 6.07) is 8.09. The minimum Gasteiger partial charge on any atom is -0.351 e. The van der Waals surface area contributed by atoms with Gasteiger partial charge in [-0.25, -0.2) is 9.97 Å². The lowest BCUT2D eigenvalue weighted by atomic mass is 10.2. The third-order valence-electron chi connectivity index (χ3n) is 6.31. The number of benzene rings is 1. The minimum atomic E-state index is -0.127. The number of nitrogens with one attached hydrogen (secondary N) is 1. The van der Waals surface area contributed by atoms with Crippen LogP contribution in [0.3, 0.4) is 0 Å². The molecule has 7 nitrogen and oxygen atoms in total. The van der Waals surface area contributed by atoms with Crippen LogP contribution in [0.25, 0.3) is 21.3 Å². The quantitative estimate of drug-likeness (QED) is 0.468. The molecule has 0 bridgehead atoms. The van der Waals surface area contributed by atoms with Gasteiger partial charge in [0, 0.05) is 26.1 Å². The highest BCUT2D eigenvalue weighted by Crippen LogP contribution is 2.28. The molecule has 0 aliphatic carbocycles. The van der Waals surface area contributed by atoms with Crippen molar-refractivity contribution < 1.29 is 4.79 Å². The number of imidazole rings is 1. The van der Waals surface area contributed by atoms with Gasteiger partial charge in [-0.2, -0.15) is 0 Å². The van der Waals surface area contributed by atoms with Gasteiger partial charge in [-0.3, -0.25) is 14.2 Å². The Morgan fingerprint density at radius 2 is 2.00 bits per heavy atom. The topological polar surface area (TPSA) is 81.8 Å². The zero-order chi connectivity index (χ0) is 22.2. The fourth-order valence-electron chi connectivity index (χ4n) is 4.62. The highest BCUT2D eigenvalue weighted by molar-refractivity contribution is 7.20. The Balaban J connectivity index is 1.31. The van der Waals surface area contributed by atoms with Crippen molar-refractivity contribution in [2.75, 3.05) is 6.54 Å². The average Bonchev–Trinajstić information content (AvgIpc) is 3.16. The largest absolute Gasteiger partial charge is 0.351 e. The van der Waals surface area contributed by atoms with E-state index in [1.165, 1.54) is 11.3 Å². The van der Waals surface area contributed by atoms with E-state index in [-0.39, 0.29) is 11.5 Å². The number of para-hydroxylation sites is 2. The van der Waals surface area contributed by atoms with Crippen LogP contribution in [-0.2, 0) is 19.5 Å². The van der Waals surface area contributed by atoms with Crippen LogP contribution in [-0.4, -0.2) is 31.6 Å². The molecule has 3 aromatic heterocycles. The molecular weight excluding hydrogens is 422 g/mol. The molecule has 0 radical (unpaired) electrons. The second kappa shape index (κ2) is 8.50. The van der Waals surface area contributed by atoms with Gasteiger partial charge in [0.15, 0.2) is 0 Å². The molecule has 0 saturated carbocycles. The lowest BCUT2D eigenvalue weighted by Gasteiger charge is -2.08. The molecule has 1 aliphatic heterocycles. The molecule has 5 rings (SSSR count). The fourth-order valence-corrected chi connectivity index (χ4v) is 5.73. The third-order valence-corrected chi connectivity index (χ3v) is 7.49. The van der Waals surface area contributed by atoms with Crippen LogP contribution in [0.5, 0.6) is 0 Å². The van der Waals surface area contributed by atoms with Crippen LogP contribution < -0.4 is 10.9 Å². The van der Waals surface area contributed by atoms with Gasteiger partial charge in [0.05, 0.1) is 21.3 Å². The molecule has 4 heterocycles. The van der Waals surface area contributed by atoms with E-state index in [0.717, 1.165) is 73.4 Å². The normalized spacial score (nSPS) is 13.9. The number of hydrogen-bond acceptors (Lipinski definition) is 5. The molecule has 4 aromatic rings. The number of carbonyl (C=O) groups is 1. The standard InChI is InChI=1S/C24H27N5O2S/c1-15-20-23(27-19-11-4-3-7-13-29(19)24(20)31)32-21(15)22(30)25-12-8-14-28-16(2)26-17-9-5-6-10-18(17)28/h5-6,9-10H,3-4,7-8,11-14H2,1-2H3,(H,25,30). The van der Waals surface area contributed by atoms with Gasteiger partial charge in [0.25, 0.3) is 11.5 Å². The van der Waals surface area contributed by atoms with Crippen LogP contribution in [0, 0.1) is 13.8 Å². The molecule has 32 heavy (non-hydrogen) atoms.